The van der Waals surface area contributed by atoms with Crippen molar-refractivity contribution in [3.63, 3.8) is 0 Å². The molecule has 0 aliphatic heterocycles. The van der Waals surface area contributed by atoms with Gasteiger partial charge in [-0.1, -0.05) is 0 Å². The lowest BCUT2D eigenvalue weighted by atomic mass is 10.1. The number of nitrogens with zero attached hydrogens (tertiary/aromatic N) is 2. The summed E-state index contributed by atoms with van der Waals surface area (Å²) < 4.78 is 2.71. The third-order valence-electron chi connectivity index (χ3n) is 1.75. The fourth-order valence-corrected chi connectivity index (χ4v) is 1.72. The van der Waals surface area contributed by atoms with Crippen LogP contribution < -0.4 is 5.32 Å². The molecule has 0 spiro atoms. The molecule has 0 aromatic carbocycles. The minimum atomic E-state index is -0.0176. The summed E-state index contributed by atoms with van der Waals surface area (Å²) in [6, 6.07) is 0. The summed E-state index contributed by atoms with van der Waals surface area (Å²) in [5.74, 6) is 0.944. The third kappa shape index (κ3) is 2.16. The molecule has 1 heterocycles. The lowest BCUT2D eigenvalue weighted by molar-refractivity contribution is 0.375. The lowest BCUT2D eigenvalue weighted by Gasteiger charge is -2.22. The summed E-state index contributed by atoms with van der Waals surface area (Å²) in [6.07, 6.45) is 0. The molecule has 1 rings (SSSR count). The van der Waals surface area contributed by atoms with Gasteiger partial charge in [0.1, 0.15) is 5.82 Å². The predicted molar refractivity (Wildman–Crippen MR) is 55.2 cm³/mol. The highest BCUT2D eigenvalue weighted by Gasteiger charge is 2.18. The van der Waals surface area contributed by atoms with Crippen LogP contribution in [0.15, 0.2) is 0 Å². The van der Waals surface area contributed by atoms with E-state index in [-0.39, 0.29) is 5.54 Å². The van der Waals surface area contributed by atoms with Gasteiger partial charge in [0.05, 0.1) is 6.54 Å². The summed E-state index contributed by atoms with van der Waals surface area (Å²) in [5.41, 5.74) is -0.0176. The molecule has 0 bridgehead atoms. The third-order valence-corrected chi connectivity index (χ3v) is 2.02. The smallest absolute Gasteiger partial charge is 0.195 e. The van der Waals surface area contributed by atoms with Crippen LogP contribution in [0.4, 0.5) is 0 Å². The topological polar surface area (TPSA) is 45.6 Å². The normalized spacial score (nSPS) is 12.0. The Morgan fingerprint density at radius 2 is 2.15 bits per heavy atom. The van der Waals surface area contributed by atoms with Crippen LogP contribution in [0.5, 0.6) is 0 Å². The average molecular weight is 200 g/mol. The molecule has 2 N–H and O–H groups in total. The van der Waals surface area contributed by atoms with Crippen LogP contribution in [0.25, 0.3) is 0 Å². The van der Waals surface area contributed by atoms with Crippen molar-refractivity contribution in [3.05, 3.63) is 10.6 Å². The summed E-state index contributed by atoms with van der Waals surface area (Å²) in [5, 5.41) is 10.0. The molecule has 0 unspecified atom stereocenters. The van der Waals surface area contributed by atoms with Crippen molar-refractivity contribution >= 4 is 12.2 Å². The molecule has 0 amide bonds. The van der Waals surface area contributed by atoms with Gasteiger partial charge >= 0.3 is 0 Å². The molecule has 1 aromatic heterocycles. The molecular weight excluding hydrogens is 184 g/mol. The molecule has 0 atom stereocenters. The van der Waals surface area contributed by atoms with E-state index in [9.17, 15) is 0 Å². The second-order valence-corrected chi connectivity index (χ2v) is 4.37. The first-order chi connectivity index (χ1) is 5.96. The minimum Gasteiger partial charge on any atom is -0.313 e. The summed E-state index contributed by atoms with van der Waals surface area (Å²) >= 11 is 5.15. The van der Waals surface area contributed by atoms with Gasteiger partial charge in [0.25, 0.3) is 0 Å². The highest BCUT2D eigenvalue weighted by Crippen LogP contribution is 2.15. The Balaban J connectivity index is 3.17. The van der Waals surface area contributed by atoms with E-state index in [2.05, 4.69) is 36.3 Å². The van der Waals surface area contributed by atoms with Gasteiger partial charge in [-0.05, 0) is 40.0 Å². The van der Waals surface area contributed by atoms with Crippen LogP contribution in [0.1, 0.15) is 26.6 Å². The molecule has 0 saturated carbocycles. The summed E-state index contributed by atoms with van der Waals surface area (Å²) in [6.45, 7) is 7.05. The lowest BCUT2D eigenvalue weighted by Crippen LogP contribution is -2.26. The second kappa shape index (κ2) is 3.59. The minimum absolute atomic E-state index is 0.0176. The molecule has 0 radical (unpaired) electrons. The average Bonchev–Trinajstić information content (AvgIpc) is 2.31. The molecule has 0 fully saturated rings. The van der Waals surface area contributed by atoms with E-state index in [1.807, 2.05) is 11.6 Å². The fourth-order valence-electron chi connectivity index (χ4n) is 1.30. The van der Waals surface area contributed by atoms with Gasteiger partial charge in [0.15, 0.2) is 4.77 Å². The van der Waals surface area contributed by atoms with Gasteiger partial charge in [-0.25, -0.2) is 0 Å². The van der Waals surface area contributed by atoms with E-state index >= 15 is 0 Å². The van der Waals surface area contributed by atoms with Crippen molar-refractivity contribution in [3.8, 4) is 0 Å². The largest absolute Gasteiger partial charge is 0.313 e. The van der Waals surface area contributed by atoms with Crippen molar-refractivity contribution in [2.45, 2.75) is 32.9 Å². The predicted octanol–water partition coefficient (Wildman–Crippen LogP) is 1.42. The van der Waals surface area contributed by atoms with Gasteiger partial charge < -0.3 is 5.32 Å². The van der Waals surface area contributed by atoms with Crippen molar-refractivity contribution in [1.82, 2.24) is 20.1 Å². The van der Waals surface area contributed by atoms with Crippen LogP contribution >= 0.6 is 12.2 Å². The van der Waals surface area contributed by atoms with E-state index in [1.165, 1.54) is 0 Å². The summed E-state index contributed by atoms with van der Waals surface area (Å²) in [4.78, 5) is 0. The molecule has 5 heteroatoms. The molecule has 74 valence electrons. The first-order valence-corrected chi connectivity index (χ1v) is 4.69. The molecule has 1 aromatic rings. The maximum Gasteiger partial charge on any atom is 0.195 e. The zero-order valence-electron chi connectivity index (χ0n) is 8.51. The maximum absolute atomic E-state index is 5.15. The van der Waals surface area contributed by atoms with E-state index in [1.54, 1.807) is 0 Å². The highest BCUT2D eigenvalue weighted by atomic mass is 32.1. The van der Waals surface area contributed by atoms with Crippen molar-refractivity contribution in [1.29, 1.82) is 0 Å². The van der Waals surface area contributed by atoms with Crippen LogP contribution in [0.3, 0.4) is 0 Å². The van der Waals surface area contributed by atoms with Crippen LogP contribution in [0, 0.1) is 4.77 Å². The van der Waals surface area contributed by atoms with Crippen LogP contribution in [0.2, 0.25) is 0 Å². The molecule has 4 nitrogen and oxygen atoms in total. The van der Waals surface area contributed by atoms with E-state index in [4.69, 9.17) is 12.2 Å². The van der Waals surface area contributed by atoms with Crippen molar-refractivity contribution in [2.75, 3.05) is 7.05 Å². The van der Waals surface area contributed by atoms with Gasteiger partial charge in [0.2, 0.25) is 0 Å². The molecule has 0 aliphatic rings. The second-order valence-electron chi connectivity index (χ2n) is 3.98. The quantitative estimate of drug-likeness (QED) is 0.710. The van der Waals surface area contributed by atoms with Gasteiger partial charge in [-0.15, -0.1) is 0 Å². The number of hydrogen-bond acceptors (Lipinski definition) is 3. The van der Waals surface area contributed by atoms with Crippen LogP contribution in [-0.4, -0.2) is 21.8 Å². The standard InChI is InChI=1S/C8H16N4S/c1-8(2,3)12-6(5-9-4)10-11-7(12)13/h9H,5H2,1-4H3,(H,11,13). The van der Waals surface area contributed by atoms with Gasteiger partial charge in [-0.3, -0.25) is 9.67 Å². The van der Waals surface area contributed by atoms with Crippen molar-refractivity contribution < 1.29 is 0 Å². The molecular formula is C8H16N4S. The first kappa shape index (κ1) is 10.4. The monoisotopic (exact) mass is 200 g/mol. The van der Waals surface area contributed by atoms with E-state index < -0.39 is 0 Å². The van der Waals surface area contributed by atoms with Crippen LogP contribution in [-0.2, 0) is 12.1 Å². The first-order valence-electron chi connectivity index (χ1n) is 4.28. The van der Waals surface area contributed by atoms with Crippen molar-refractivity contribution in [2.24, 2.45) is 0 Å². The van der Waals surface area contributed by atoms with E-state index in [0.717, 1.165) is 12.4 Å². The number of rotatable bonds is 2. The number of aromatic amines is 1. The van der Waals surface area contributed by atoms with Gasteiger partial charge in [0, 0.05) is 5.54 Å². The molecule has 13 heavy (non-hydrogen) atoms. The molecule has 0 aliphatic carbocycles. The SMILES string of the molecule is CNCc1n[nH]c(=S)n1C(C)(C)C. The Bertz CT molecular complexity index is 331. The highest BCUT2D eigenvalue weighted by molar-refractivity contribution is 7.71. The maximum atomic E-state index is 5.15. The Kier molecular flexibility index (Phi) is 2.87. The number of aromatic nitrogens is 3. The Hall–Kier alpha value is -0.680. The Morgan fingerprint density at radius 1 is 1.54 bits per heavy atom. The Labute approximate surface area is 83.4 Å². The van der Waals surface area contributed by atoms with E-state index in [0.29, 0.717) is 4.77 Å². The van der Waals surface area contributed by atoms with Gasteiger partial charge in [-0.2, -0.15) is 5.10 Å². The zero-order chi connectivity index (χ0) is 10.1. The zero-order valence-corrected chi connectivity index (χ0v) is 9.33. The summed E-state index contributed by atoms with van der Waals surface area (Å²) in [7, 11) is 1.89. The molecule has 0 saturated heterocycles. The number of nitrogens with one attached hydrogen (secondary N) is 2. The number of H-pyrrole nitrogens is 1. The fraction of sp³-hybridized carbons (Fsp3) is 0.750. The Morgan fingerprint density at radius 3 is 2.62 bits per heavy atom. The number of hydrogen-bond donors (Lipinski definition) is 2.